The third kappa shape index (κ3) is 3.45. The molecule has 0 aliphatic carbocycles. The van der Waals surface area contributed by atoms with Gasteiger partial charge >= 0.3 is 0 Å². The van der Waals surface area contributed by atoms with Crippen LogP contribution in [0.2, 0.25) is 0 Å². The van der Waals surface area contributed by atoms with Gasteiger partial charge in [-0.1, -0.05) is 48.5 Å². The van der Waals surface area contributed by atoms with E-state index in [1.165, 1.54) is 36.2 Å². The first-order chi connectivity index (χ1) is 10.3. The van der Waals surface area contributed by atoms with Crippen LogP contribution < -0.4 is 10.6 Å². The lowest BCUT2D eigenvalue weighted by Crippen LogP contribution is -2.30. The highest BCUT2D eigenvalue weighted by Crippen LogP contribution is 2.27. The molecule has 0 fully saturated rings. The Hall–Kier alpha value is -1.80. The molecule has 21 heavy (non-hydrogen) atoms. The van der Waals surface area contributed by atoms with Gasteiger partial charge in [0.1, 0.15) is 0 Å². The first kappa shape index (κ1) is 14.2. The molecule has 0 saturated heterocycles. The van der Waals surface area contributed by atoms with Crippen LogP contribution in [0.1, 0.15) is 36.4 Å². The van der Waals surface area contributed by atoms with Crippen molar-refractivity contribution in [2.45, 2.75) is 31.7 Å². The molecule has 0 aromatic heterocycles. The van der Waals surface area contributed by atoms with E-state index in [0.717, 1.165) is 19.4 Å². The zero-order chi connectivity index (χ0) is 14.5. The standard InChI is InChI=1S/C19H24N2/c20-18(16-8-2-1-3-9-16)12-7-15-21-14-6-11-17-10-4-5-13-19(17)21/h1-5,8-10,13,18H,6-7,11-12,14-15,20H2. The average molecular weight is 280 g/mol. The number of hydrogen-bond acceptors (Lipinski definition) is 2. The fourth-order valence-corrected chi connectivity index (χ4v) is 3.21. The van der Waals surface area contributed by atoms with Crippen molar-refractivity contribution in [2.75, 3.05) is 18.0 Å². The largest absolute Gasteiger partial charge is 0.371 e. The molecule has 0 saturated carbocycles. The minimum absolute atomic E-state index is 0.159. The maximum Gasteiger partial charge on any atom is 0.0398 e. The Morgan fingerprint density at radius 1 is 1.00 bits per heavy atom. The Bertz CT molecular complexity index is 565. The smallest absolute Gasteiger partial charge is 0.0398 e. The summed E-state index contributed by atoms with van der Waals surface area (Å²) >= 11 is 0. The number of aryl methyl sites for hydroxylation is 1. The normalized spacial score (nSPS) is 15.6. The predicted molar refractivity (Wildman–Crippen MR) is 89.6 cm³/mol. The summed E-state index contributed by atoms with van der Waals surface area (Å²) in [5.74, 6) is 0. The number of fused-ring (bicyclic) bond motifs is 1. The van der Waals surface area contributed by atoms with Crippen LogP contribution in [0.15, 0.2) is 54.6 Å². The van der Waals surface area contributed by atoms with Crippen LogP contribution in [0.3, 0.4) is 0 Å². The van der Waals surface area contributed by atoms with Crippen molar-refractivity contribution in [1.29, 1.82) is 0 Å². The van der Waals surface area contributed by atoms with Gasteiger partial charge < -0.3 is 10.6 Å². The molecule has 0 bridgehead atoms. The zero-order valence-corrected chi connectivity index (χ0v) is 12.5. The zero-order valence-electron chi connectivity index (χ0n) is 12.5. The fraction of sp³-hybridized carbons (Fsp3) is 0.368. The van der Waals surface area contributed by atoms with Gasteiger partial charge in [0.05, 0.1) is 0 Å². The molecule has 2 aromatic carbocycles. The maximum atomic E-state index is 6.29. The summed E-state index contributed by atoms with van der Waals surface area (Å²) in [7, 11) is 0. The Morgan fingerprint density at radius 2 is 1.76 bits per heavy atom. The van der Waals surface area contributed by atoms with E-state index in [4.69, 9.17) is 5.73 Å². The lowest BCUT2D eigenvalue weighted by atomic mass is 10.00. The molecule has 0 spiro atoms. The van der Waals surface area contributed by atoms with Gasteiger partial charge in [-0.2, -0.15) is 0 Å². The minimum Gasteiger partial charge on any atom is -0.371 e. The third-order valence-corrected chi connectivity index (χ3v) is 4.38. The van der Waals surface area contributed by atoms with Crippen LogP contribution in [0.4, 0.5) is 5.69 Å². The average Bonchev–Trinajstić information content (AvgIpc) is 2.56. The summed E-state index contributed by atoms with van der Waals surface area (Å²) in [5, 5.41) is 0. The van der Waals surface area contributed by atoms with Crippen molar-refractivity contribution in [1.82, 2.24) is 0 Å². The molecule has 2 aromatic rings. The van der Waals surface area contributed by atoms with Crippen molar-refractivity contribution in [3.8, 4) is 0 Å². The van der Waals surface area contributed by atoms with E-state index in [-0.39, 0.29) is 6.04 Å². The monoisotopic (exact) mass is 280 g/mol. The lowest BCUT2D eigenvalue weighted by Gasteiger charge is -2.31. The predicted octanol–water partition coefficient (Wildman–Crippen LogP) is 3.92. The first-order valence-corrected chi connectivity index (χ1v) is 7.98. The van der Waals surface area contributed by atoms with Crippen LogP contribution >= 0.6 is 0 Å². The van der Waals surface area contributed by atoms with Crippen LogP contribution in [0, 0.1) is 0 Å². The number of nitrogens with zero attached hydrogens (tertiary/aromatic N) is 1. The summed E-state index contributed by atoms with van der Waals surface area (Å²) in [5.41, 5.74) is 10.5. The molecular weight excluding hydrogens is 256 g/mol. The van der Waals surface area contributed by atoms with Gasteiger partial charge in [-0.05, 0) is 42.9 Å². The van der Waals surface area contributed by atoms with E-state index in [1.807, 2.05) is 6.07 Å². The summed E-state index contributed by atoms with van der Waals surface area (Å²) in [6.45, 7) is 2.29. The van der Waals surface area contributed by atoms with Gasteiger partial charge in [0.15, 0.2) is 0 Å². The van der Waals surface area contributed by atoms with E-state index < -0.39 is 0 Å². The summed E-state index contributed by atoms with van der Waals surface area (Å²) in [6, 6.07) is 19.4. The van der Waals surface area contributed by atoms with E-state index in [2.05, 4.69) is 53.4 Å². The summed E-state index contributed by atoms with van der Waals surface area (Å²) in [4.78, 5) is 2.52. The summed E-state index contributed by atoms with van der Waals surface area (Å²) < 4.78 is 0. The Balaban J connectivity index is 1.55. The van der Waals surface area contributed by atoms with Gasteiger partial charge in [0.25, 0.3) is 0 Å². The third-order valence-electron chi connectivity index (χ3n) is 4.38. The second-order valence-corrected chi connectivity index (χ2v) is 5.88. The Kier molecular flexibility index (Phi) is 4.56. The highest BCUT2D eigenvalue weighted by molar-refractivity contribution is 5.55. The molecule has 2 heteroatoms. The van der Waals surface area contributed by atoms with E-state index in [1.54, 1.807) is 0 Å². The van der Waals surface area contributed by atoms with E-state index >= 15 is 0 Å². The number of anilines is 1. The quantitative estimate of drug-likeness (QED) is 0.899. The fourth-order valence-electron chi connectivity index (χ4n) is 3.21. The molecule has 2 nitrogen and oxygen atoms in total. The van der Waals surface area contributed by atoms with Crippen LogP contribution in [-0.2, 0) is 6.42 Å². The Morgan fingerprint density at radius 3 is 2.62 bits per heavy atom. The summed E-state index contributed by atoms with van der Waals surface area (Å²) in [6.07, 6.45) is 4.67. The second kappa shape index (κ2) is 6.77. The van der Waals surface area contributed by atoms with Crippen molar-refractivity contribution < 1.29 is 0 Å². The minimum atomic E-state index is 0.159. The second-order valence-electron chi connectivity index (χ2n) is 5.88. The van der Waals surface area contributed by atoms with E-state index in [0.29, 0.717) is 0 Å². The van der Waals surface area contributed by atoms with Crippen molar-refractivity contribution in [3.05, 3.63) is 65.7 Å². The molecule has 1 atom stereocenters. The topological polar surface area (TPSA) is 29.3 Å². The molecule has 1 aliphatic heterocycles. The molecule has 1 heterocycles. The molecular formula is C19H24N2. The van der Waals surface area contributed by atoms with Crippen molar-refractivity contribution in [2.24, 2.45) is 5.73 Å². The van der Waals surface area contributed by atoms with Crippen LogP contribution in [-0.4, -0.2) is 13.1 Å². The van der Waals surface area contributed by atoms with E-state index in [9.17, 15) is 0 Å². The number of hydrogen-bond donors (Lipinski definition) is 1. The number of rotatable bonds is 5. The number of benzene rings is 2. The van der Waals surface area contributed by atoms with Gasteiger partial charge in [0, 0.05) is 24.8 Å². The van der Waals surface area contributed by atoms with Crippen molar-refractivity contribution in [3.63, 3.8) is 0 Å². The van der Waals surface area contributed by atoms with Gasteiger partial charge in [-0.15, -0.1) is 0 Å². The molecule has 2 N–H and O–H groups in total. The SMILES string of the molecule is NC(CCCN1CCCc2ccccc21)c1ccccc1. The number of para-hydroxylation sites is 1. The highest BCUT2D eigenvalue weighted by atomic mass is 15.1. The number of nitrogens with two attached hydrogens (primary N) is 1. The van der Waals surface area contributed by atoms with Gasteiger partial charge in [-0.25, -0.2) is 0 Å². The molecule has 0 amide bonds. The van der Waals surface area contributed by atoms with Gasteiger partial charge in [-0.3, -0.25) is 0 Å². The molecule has 110 valence electrons. The maximum absolute atomic E-state index is 6.29. The molecule has 1 unspecified atom stereocenters. The Labute approximate surface area is 127 Å². The van der Waals surface area contributed by atoms with Crippen LogP contribution in [0.5, 0.6) is 0 Å². The highest BCUT2D eigenvalue weighted by Gasteiger charge is 2.16. The first-order valence-electron chi connectivity index (χ1n) is 7.98. The van der Waals surface area contributed by atoms with Crippen LogP contribution in [0.25, 0.3) is 0 Å². The molecule has 1 aliphatic rings. The lowest BCUT2D eigenvalue weighted by molar-refractivity contribution is 0.585. The molecule has 3 rings (SSSR count). The van der Waals surface area contributed by atoms with Crippen molar-refractivity contribution >= 4 is 5.69 Å². The molecule has 0 radical (unpaired) electrons. The van der Waals surface area contributed by atoms with Gasteiger partial charge in [0.2, 0.25) is 0 Å².